The molecule has 2 rings (SSSR count). The summed E-state index contributed by atoms with van der Waals surface area (Å²) in [7, 11) is -1.65. The number of hydrogen-bond acceptors (Lipinski definition) is 6. The molecule has 0 bridgehead atoms. The highest BCUT2D eigenvalue weighted by molar-refractivity contribution is 7.91. The Bertz CT molecular complexity index is 838. The number of sulfone groups is 1. The van der Waals surface area contributed by atoms with Gasteiger partial charge in [0.25, 0.3) is 5.91 Å². The Labute approximate surface area is 161 Å². The topological polar surface area (TPSA) is 90.0 Å². The Hall–Kier alpha value is -2.49. The molecular weight excluding hydrogens is 396 g/mol. The number of carbonyl (C=O) groups excluding carboxylic acids is 2. The zero-order valence-electron chi connectivity index (χ0n) is 15.4. The highest BCUT2D eigenvalue weighted by Gasteiger charge is 2.34. The number of halogens is 2. The molecule has 28 heavy (non-hydrogen) atoms. The second kappa shape index (κ2) is 9.13. The Balaban J connectivity index is 1.87. The van der Waals surface area contributed by atoms with Gasteiger partial charge in [0, 0.05) is 19.2 Å². The summed E-state index contributed by atoms with van der Waals surface area (Å²) in [5, 5.41) is 0. The average Bonchev–Trinajstić information content (AvgIpc) is 2.99. The molecule has 1 heterocycles. The minimum atomic E-state index is -3.14. The van der Waals surface area contributed by atoms with Crippen LogP contribution in [0.2, 0.25) is 0 Å². The van der Waals surface area contributed by atoms with Gasteiger partial charge < -0.3 is 14.4 Å². The van der Waals surface area contributed by atoms with Gasteiger partial charge in [0.2, 0.25) is 0 Å². The molecule has 1 aromatic carbocycles. The maximum atomic E-state index is 12.3. The van der Waals surface area contributed by atoms with Crippen LogP contribution in [0.4, 0.5) is 8.78 Å². The highest BCUT2D eigenvalue weighted by Crippen LogP contribution is 2.18. The number of likely N-dealkylation sites (N-methyl/N-ethyl adjacent to an activating group) is 1. The highest BCUT2D eigenvalue weighted by atomic mass is 32.2. The van der Waals surface area contributed by atoms with Crippen molar-refractivity contribution in [3.8, 4) is 5.75 Å². The maximum absolute atomic E-state index is 12.3. The number of carbonyl (C=O) groups is 2. The van der Waals surface area contributed by atoms with Crippen molar-refractivity contribution in [2.75, 3.05) is 18.6 Å². The van der Waals surface area contributed by atoms with Crippen molar-refractivity contribution in [3.05, 3.63) is 35.9 Å². The van der Waals surface area contributed by atoms with Crippen molar-refractivity contribution in [3.63, 3.8) is 0 Å². The van der Waals surface area contributed by atoms with E-state index in [9.17, 15) is 26.8 Å². The van der Waals surface area contributed by atoms with Gasteiger partial charge in [-0.1, -0.05) is 12.1 Å². The van der Waals surface area contributed by atoms with Crippen molar-refractivity contribution in [2.45, 2.75) is 32.1 Å². The zero-order valence-corrected chi connectivity index (χ0v) is 16.2. The molecule has 7 nitrogen and oxygen atoms in total. The molecule has 1 aliphatic rings. The van der Waals surface area contributed by atoms with Crippen LogP contribution in [-0.4, -0.2) is 62.5 Å². The Kier molecular flexibility index (Phi) is 7.11. The van der Waals surface area contributed by atoms with Crippen molar-refractivity contribution in [1.29, 1.82) is 0 Å². The fourth-order valence-electron chi connectivity index (χ4n) is 2.74. The van der Waals surface area contributed by atoms with Gasteiger partial charge in [-0.05, 0) is 37.1 Å². The van der Waals surface area contributed by atoms with Crippen molar-refractivity contribution in [1.82, 2.24) is 4.90 Å². The van der Waals surface area contributed by atoms with Gasteiger partial charge in [-0.25, -0.2) is 13.2 Å². The first-order valence-electron chi connectivity index (χ1n) is 8.48. The van der Waals surface area contributed by atoms with E-state index in [1.54, 1.807) is 0 Å². The standard InChI is InChI=1S/C18H21F2NO6S/c1-12(17(23)21(2)14-9-10-28(24,25)11-14)26-16(22)8-5-13-3-6-15(7-4-13)27-18(19)20/h3-8,12,14,18H,9-11H2,1-2H3/b8-5+/t12-,14+/m1/s1. The van der Waals surface area contributed by atoms with Gasteiger partial charge in [0.05, 0.1) is 11.5 Å². The number of esters is 1. The molecule has 0 aliphatic carbocycles. The lowest BCUT2D eigenvalue weighted by Crippen LogP contribution is -2.44. The minimum Gasteiger partial charge on any atom is -0.449 e. The Morgan fingerprint density at radius 1 is 1.25 bits per heavy atom. The summed E-state index contributed by atoms with van der Waals surface area (Å²) in [6.07, 6.45) is 1.79. The largest absolute Gasteiger partial charge is 0.449 e. The molecule has 1 amide bonds. The van der Waals surface area contributed by atoms with E-state index in [1.165, 1.54) is 49.2 Å². The fourth-order valence-corrected chi connectivity index (χ4v) is 4.51. The molecule has 1 aromatic rings. The average molecular weight is 417 g/mol. The molecule has 1 fully saturated rings. The van der Waals surface area contributed by atoms with Gasteiger partial charge >= 0.3 is 12.6 Å². The number of hydrogen-bond donors (Lipinski definition) is 0. The molecular formula is C18H21F2NO6S. The zero-order chi connectivity index (χ0) is 20.9. The lowest BCUT2D eigenvalue weighted by Gasteiger charge is -2.26. The summed E-state index contributed by atoms with van der Waals surface area (Å²) in [5.74, 6) is -1.32. The Morgan fingerprint density at radius 3 is 2.43 bits per heavy atom. The summed E-state index contributed by atoms with van der Waals surface area (Å²) < 4.78 is 56.5. The second-order valence-electron chi connectivity index (χ2n) is 6.37. The van der Waals surface area contributed by atoms with E-state index < -0.39 is 40.5 Å². The molecule has 10 heteroatoms. The monoisotopic (exact) mass is 417 g/mol. The summed E-state index contributed by atoms with van der Waals surface area (Å²) in [6, 6.07) is 5.18. The molecule has 0 unspecified atom stereocenters. The summed E-state index contributed by atoms with van der Waals surface area (Å²) in [5.41, 5.74) is 0.547. The summed E-state index contributed by atoms with van der Waals surface area (Å²) in [4.78, 5) is 25.5. The van der Waals surface area contributed by atoms with Crippen LogP contribution in [-0.2, 0) is 24.2 Å². The van der Waals surface area contributed by atoms with Crippen molar-refractivity contribution >= 4 is 27.8 Å². The molecule has 0 radical (unpaired) electrons. The number of benzene rings is 1. The van der Waals surface area contributed by atoms with Crippen LogP contribution in [0.15, 0.2) is 30.3 Å². The lowest BCUT2D eigenvalue weighted by atomic mass is 10.2. The van der Waals surface area contributed by atoms with Crippen LogP contribution in [0.25, 0.3) is 6.08 Å². The first kappa shape index (κ1) is 21.8. The van der Waals surface area contributed by atoms with Crippen LogP contribution in [0.5, 0.6) is 5.75 Å². The first-order valence-corrected chi connectivity index (χ1v) is 10.3. The first-order chi connectivity index (χ1) is 13.1. The van der Waals surface area contributed by atoms with E-state index in [-0.39, 0.29) is 17.3 Å². The minimum absolute atomic E-state index is 0.00842. The van der Waals surface area contributed by atoms with E-state index in [2.05, 4.69) is 4.74 Å². The predicted octanol–water partition coefficient (Wildman–Crippen LogP) is 1.88. The van der Waals surface area contributed by atoms with E-state index in [1.807, 2.05) is 0 Å². The summed E-state index contributed by atoms with van der Waals surface area (Å²) >= 11 is 0. The van der Waals surface area contributed by atoms with Crippen LogP contribution in [0.3, 0.4) is 0 Å². The predicted molar refractivity (Wildman–Crippen MR) is 97.5 cm³/mol. The molecule has 2 atom stereocenters. The number of nitrogens with zero attached hydrogens (tertiary/aromatic N) is 1. The third-order valence-electron chi connectivity index (χ3n) is 4.26. The molecule has 0 saturated carbocycles. The second-order valence-corrected chi connectivity index (χ2v) is 8.59. The van der Waals surface area contributed by atoms with Gasteiger partial charge in [-0.2, -0.15) is 8.78 Å². The van der Waals surface area contributed by atoms with E-state index in [4.69, 9.17) is 4.74 Å². The van der Waals surface area contributed by atoms with Crippen molar-refractivity contribution < 1.29 is 36.3 Å². The van der Waals surface area contributed by atoms with Crippen LogP contribution in [0.1, 0.15) is 18.9 Å². The van der Waals surface area contributed by atoms with Crippen molar-refractivity contribution in [2.24, 2.45) is 0 Å². The van der Waals surface area contributed by atoms with E-state index in [0.717, 1.165) is 6.08 Å². The van der Waals surface area contributed by atoms with E-state index in [0.29, 0.717) is 12.0 Å². The maximum Gasteiger partial charge on any atom is 0.387 e. The molecule has 154 valence electrons. The third kappa shape index (κ3) is 6.29. The molecule has 0 aromatic heterocycles. The molecule has 0 spiro atoms. The smallest absolute Gasteiger partial charge is 0.387 e. The summed E-state index contributed by atoms with van der Waals surface area (Å²) in [6.45, 7) is -1.51. The molecule has 1 saturated heterocycles. The van der Waals surface area contributed by atoms with Gasteiger partial charge in [-0.3, -0.25) is 4.79 Å². The molecule has 0 N–H and O–H groups in total. The number of amides is 1. The SMILES string of the molecule is C[C@@H](OC(=O)/C=C/c1ccc(OC(F)F)cc1)C(=O)N(C)[C@H]1CCS(=O)(=O)C1. The van der Waals surface area contributed by atoms with E-state index >= 15 is 0 Å². The van der Waals surface area contributed by atoms with Crippen LogP contribution < -0.4 is 4.74 Å². The van der Waals surface area contributed by atoms with Crippen LogP contribution in [0, 0.1) is 0 Å². The third-order valence-corrected chi connectivity index (χ3v) is 6.01. The Morgan fingerprint density at radius 2 is 1.89 bits per heavy atom. The van der Waals surface area contributed by atoms with Gasteiger partial charge in [-0.15, -0.1) is 0 Å². The normalized spacial score (nSPS) is 19.5. The lowest BCUT2D eigenvalue weighted by molar-refractivity contribution is -0.155. The van der Waals surface area contributed by atoms with Gasteiger partial charge in [0.1, 0.15) is 5.75 Å². The molecule has 1 aliphatic heterocycles. The van der Waals surface area contributed by atoms with Crippen LogP contribution >= 0.6 is 0 Å². The fraction of sp³-hybridized carbons (Fsp3) is 0.444. The number of alkyl halides is 2. The quantitative estimate of drug-likeness (QED) is 0.497. The number of rotatable bonds is 7. The van der Waals surface area contributed by atoms with Gasteiger partial charge in [0.15, 0.2) is 15.9 Å². The number of ether oxygens (including phenoxy) is 2.